The summed E-state index contributed by atoms with van der Waals surface area (Å²) in [7, 11) is 3.45. The van der Waals surface area contributed by atoms with Crippen LogP contribution in [0, 0.1) is 0 Å². The Balaban J connectivity index is 0. The fourth-order valence-electron chi connectivity index (χ4n) is 0.204. The average molecular weight is 160 g/mol. The van der Waals surface area contributed by atoms with Crippen LogP contribution in [0.25, 0.3) is 0 Å². The van der Waals surface area contributed by atoms with Gasteiger partial charge in [-0.15, -0.1) is 0 Å². The van der Waals surface area contributed by atoms with Crippen LogP contribution in [0.2, 0.25) is 0 Å². The van der Waals surface area contributed by atoms with E-state index in [4.69, 9.17) is 5.73 Å². The van der Waals surface area contributed by atoms with Crippen LogP contribution in [0.4, 0.5) is 0 Å². The summed E-state index contributed by atoms with van der Waals surface area (Å²) in [4.78, 5) is 11.6. The lowest BCUT2D eigenvalue weighted by Crippen LogP contribution is -2.17. The van der Waals surface area contributed by atoms with Gasteiger partial charge in [-0.05, 0) is 13.0 Å². The average Bonchev–Trinajstić information content (AvgIpc) is 1.90. The first kappa shape index (κ1) is 13.1. The zero-order valence-electron chi connectivity index (χ0n) is 8.05. The highest BCUT2D eigenvalue weighted by Crippen LogP contribution is 1.77. The van der Waals surface area contributed by atoms with E-state index in [1.165, 1.54) is 24.7 Å². The third-order valence-corrected chi connectivity index (χ3v) is 1.19. The predicted molar refractivity (Wildman–Crippen MR) is 48.3 cm³/mol. The van der Waals surface area contributed by atoms with Crippen LogP contribution in [0.3, 0.4) is 0 Å². The third-order valence-electron chi connectivity index (χ3n) is 1.19. The molecule has 0 unspecified atom stereocenters. The fourth-order valence-corrected chi connectivity index (χ4v) is 0.204. The van der Waals surface area contributed by atoms with Crippen molar-refractivity contribution in [3.63, 3.8) is 0 Å². The van der Waals surface area contributed by atoms with E-state index < -0.39 is 0 Å². The van der Waals surface area contributed by atoms with Gasteiger partial charge in [0, 0.05) is 21.0 Å². The molecule has 0 atom stereocenters. The number of carbonyl (C=O) groups excluding carboxylic acids is 1. The van der Waals surface area contributed by atoms with Crippen molar-refractivity contribution in [2.45, 2.75) is 26.7 Å². The van der Waals surface area contributed by atoms with Gasteiger partial charge in [-0.25, -0.2) is 0 Å². The molecule has 0 aliphatic heterocycles. The van der Waals surface area contributed by atoms with Crippen molar-refractivity contribution in [1.29, 1.82) is 0 Å². The van der Waals surface area contributed by atoms with Crippen molar-refractivity contribution in [2.75, 3.05) is 20.6 Å². The molecule has 1 amide bonds. The standard InChI is InChI=1S/C4H9NO.C4H11N/c1-4(6)5(2)3;1-2-3-4-5/h1-3H3;2-5H2,1H3. The molecule has 68 valence electrons. The van der Waals surface area contributed by atoms with Crippen LogP contribution < -0.4 is 5.73 Å². The van der Waals surface area contributed by atoms with E-state index in [1.54, 1.807) is 14.1 Å². The zero-order valence-corrected chi connectivity index (χ0v) is 8.05. The molecular formula is C8H20N2O. The monoisotopic (exact) mass is 160 g/mol. The summed E-state index contributed by atoms with van der Waals surface area (Å²) in [6, 6.07) is 0. The Morgan fingerprint density at radius 1 is 1.45 bits per heavy atom. The minimum absolute atomic E-state index is 0.0926. The van der Waals surface area contributed by atoms with Gasteiger partial charge in [-0.2, -0.15) is 0 Å². The highest BCUT2D eigenvalue weighted by atomic mass is 16.2. The van der Waals surface area contributed by atoms with Crippen LogP contribution in [-0.4, -0.2) is 31.4 Å². The Morgan fingerprint density at radius 2 is 1.82 bits per heavy atom. The lowest BCUT2D eigenvalue weighted by atomic mass is 10.3. The third kappa shape index (κ3) is 17.7. The quantitative estimate of drug-likeness (QED) is 0.650. The minimum Gasteiger partial charge on any atom is -0.349 e. The smallest absolute Gasteiger partial charge is 0.218 e. The minimum atomic E-state index is 0.0926. The van der Waals surface area contributed by atoms with Crippen molar-refractivity contribution < 1.29 is 4.79 Å². The maximum absolute atomic E-state index is 10.1. The molecule has 0 heterocycles. The van der Waals surface area contributed by atoms with Gasteiger partial charge in [-0.1, -0.05) is 13.3 Å². The second-order valence-corrected chi connectivity index (χ2v) is 2.56. The molecule has 0 spiro atoms. The van der Waals surface area contributed by atoms with Gasteiger partial charge in [0.25, 0.3) is 0 Å². The van der Waals surface area contributed by atoms with Crippen molar-refractivity contribution in [3.8, 4) is 0 Å². The van der Waals surface area contributed by atoms with Crippen LogP contribution >= 0.6 is 0 Å². The SMILES string of the molecule is CC(=O)N(C)C.CCCCN. The molecule has 0 radical (unpaired) electrons. The number of amides is 1. The summed E-state index contributed by atoms with van der Waals surface area (Å²) in [5, 5.41) is 0. The molecule has 0 saturated heterocycles. The number of unbranched alkanes of at least 4 members (excludes halogenated alkanes) is 1. The van der Waals surface area contributed by atoms with Crippen LogP contribution in [-0.2, 0) is 4.79 Å². The molecule has 0 aromatic heterocycles. The number of hydrogen-bond acceptors (Lipinski definition) is 2. The summed E-state index contributed by atoms with van der Waals surface area (Å²) in [6.07, 6.45) is 2.39. The van der Waals surface area contributed by atoms with Gasteiger partial charge in [0.1, 0.15) is 0 Å². The molecule has 0 fully saturated rings. The van der Waals surface area contributed by atoms with Gasteiger partial charge in [-0.3, -0.25) is 4.79 Å². The summed E-state index contributed by atoms with van der Waals surface area (Å²) >= 11 is 0. The first-order valence-corrected chi connectivity index (χ1v) is 3.94. The fraction of sp³-hybridized carbons (Fsp3) is 0.875. The molecule has 0 aromatic carbocycles. The highest BCUT2D eigenvalue weighted by Gasteiger charge is 1.87. The molecule has 0 aliphatic rings. The van der Waals surface area contributed by atoms with E-state index in [0.717, 1.165) is 6.54 Å². The van der Waals surface area contributed by atoms with Gasteiger partial charge in [0.2, 0.25) is 5.91 Å². The summed E-state index contributed by atoms with van der Waals surface area (Å²) in [5.41, 5.74) is 5.14. The Kier molecular flexibility index (Phi) is 11.2. The first-order valence-electron chi connectivity index (χ1n) is 3.94. The van der Waals surface area contributed by atoms with E-state index in [9.17, 15) is 4.79 Å². The molecule has 2 N–H and O–H groups in total. The molecule has 3 nitrogen and oxygen atoms in total. The van der Waals surface area contributed by atoms with Gasteiger partial charge >= 0.3 is 0 Å². The van der Waals surface area contributed by atoms with E-state index >= 15 is 0 Å². The maximum Gasteiger partial charge on any atom is 0.218 e. The van der Waals surface area contributed by atoms with E-state index in [0.29, 0.717) is 0 Å². The number of hydrogen-bond donors (Lipinski definition) is 1. The number of carbonyl (C=O) groups is 1. The lowest BCUT2D eigenvalue weighted by molar-refractivity contribution is -0.126. The summed E-state index contributed by atoms with van der Waals surface area (Å²) < 4.78 is 0. The number of rotatable bonds is 2. The summed E-state index contributed by atoms with van der Waals surface area (Å²) in [6.45, 7) is 4.50. The molecule has 0 aliphatic carbocycles. The van der Waals surface area contributed by atoms with Gasteiger partial charge in [0.15, 0.2) is 0 Å². The van der Waals surface area contributed by atoms with Crippen molar-refractivity contribution in [2.24, 2.45) is 5.73 Å². The van der Waals surface area contributed by atoms with Crippen LogP contribution in [0.15, 0.2) is 0 Å². The zero-order chi connectivity index (χ0) is 9.28. The lowest BCUT2D eigenvalue weighted by Gasteiger charge is -2.02. The summed E-state index contributed by atoms with van der Waals surface area (Å²) in [5.74, 6) is 0.0926. The second kappa shape index (κ2) is 9.43. The molecule has 0 bridgehead atoms. The Hall–Kier alpha value is -0.570. The number of nitrogens with zero attached hydrogens (tertiary/aromatic N) is 1. The largest absolute Gasteiger partial charge is 0.349 e. The van der Waals surface area contributed by atoms with E-state index in [2.05, 4.69) is 6.92 Å². The molecule has 0 saturated carbocycles. The molecule has 3 heteroatoms. The Labute approximate surface area is 69.6 Å². The maximum atomic E-state index is 10.1. The Bertz CT molecular complexity index is 90.1. The first-order chi connectivity index (χ1) is 5.06. The van der Waals surface area contributed by atoms with E-state index in [1.807, 2.05) is 0 Å². The van der Waals surface area contributed by atoms with Crippen molar-refractivity contribution in [1.82, 2.24) is 4.90 Å². The predicted octanol–water partition coefficient (Wildman–Crippen LogP) is 0.840. The van der Waals surface area contributed by atoms with Gasteiger partial charge < -0.3 is 10.6 Å². The van der Waals surface area contributed by atoms with Crippen molar-refractivity contribution in [3.05, 3.63) is 0 Å². The number of nitrogens with two attached hydrogens (primary N) is 1. The highest BCUT2D eigenvalue weighted by molar-refractivity contribution is 5.72. The van der Waals surface area contributed by atoms with Crippen LogP contribution in [0.1, 0.15) is 26.7 Å². The Morgan fingerprint density at radius 3 is 1.82 bits per heavy atom. The normalized spacial score (nSPS) is 8.09. The molecule has 0 aromatic rings. The second-order valence-electron chi connectivity index (χ2n) is 2.56. The van der Waals surface area contributed by atoms with Crippen LogP contribution in [0.5, 0.6) is 0 Å². The topological polar surface area (TPSA) is 46.3 Å². The molecule has 11 heavy (non-hydrogen) atoms. The van der Waals surface area contributed by atoms with Crippen molar-refractivity contribution >= 4 is 5.91 Å². The van der Waals surface area contributed by atoms with E-state index in [-0.39, 0.29) is 5.91 Å². The van der Waals surface area contributed by atoms with Gasteiger partial charge in [0.05, 0.1) is 0 Å². The molecule has 0 rings (SSSR count). The molecular weight excluding hydrogens is 140 g/mol.